The fraction of sp³-hybridized carbons (Fsp3) is 0.455. The summed E-state index contributed by atoms with van der Waals surface area (Å²) >= 11 is 1.20. The van der Waals surface area contributed by atoms with Crippen LogP contribution in [0.25, 0.3) is 10.6 Å². The average molecular weight is 713 g/mol. The molecule has 4 heterocycles. The van der Waals surface area contributed by atoms with Crippen LogP contribution in [0.3, 0.4) is 0 Å². The van der Waals surface area contributed by atoms with Crippen LogP contribution in [-0.2, 0) is 25.8 Å². The molecule has 2 amide bonds. The lowest BCUT2D eigenvalue weighted by Gasteiger charge is -2.20. The molecule has 50 heavy (non-hydrogen) atoms. The van der Waals surface area contributed by atoms with Crippen LogP contribution in [0, 0.1) is 17.7 Å². The summed E-state index contributed by atoms with van der Waals surface area (Å²) in [5.74, 6) is -2.96. The molecule has 1 fully saturated rings. The Bertz CT molecular complexity index is 1810. The van der Waals surface area contributed by atoms with Gasteiger partial charge < -0.3 is 25.8 Å². The summed E-state index contributed by atoms with van der Waals surface area (Å²) in [5, 5.41) is 16.2. The molecule has 1 atom stereocenters. The largest absolute Gasteiger partial charge is 0.442 e. The van der Waals surface area contributed by atoms with E-state index in [4.69, 9.17) is 15.2 Å². The number of carbonyl (C=O) groups excluding carboxylic acids is 3. The van der Waals surface area contributed by atoms with E-state index in [1.165, 1.54) is 22.2 Å². The van der Waals surface area contributed by atoms with E-state index in [2.05, 4.69) is 30.8 Å². The van der Waals surface area contributed by atoms with Gasteiger partial charge in [0.1, 0.15) is 22.1 Å². The highest BCUT2D eigenvalue weighted by atomic mass is 32.1. The van der Waals surface area contributed by atoms with Gasteiger partial charge in [-0.3, -0.25) is 14.4 Å². The minimum absolute atomic E-state index is 0.00918. The molecule has 0 bridgehead atoms. The quantitative estimate of drug-likeness (QED) is 0.0977. The van der Waals surface area contributed by atoms with Crippen molar-refractivity contribution in [3.63, 3.8) is 0 Å². The van der Waals surface area contributed by atoms with Crippen molar-refractivity contribution in [1.82, 2.24) is 30.4 Å². The number of pyridine rings is 1. The zero-order valence-electron chi connectivity index (χ0n) is 28.0. The highest BCUT2D eigenvalue weighted by Crippen LogP contribution is 2.25. The fourth-order valence-corrected chi connectivity index (χ4v) is 6.04. The molecule has 0 saturated heterocycles. The van der Waals surface area contributed by atoms with Crippen molar-refractivity contribution in [3.05, 3.63) is 65.0 Å². The molecule has 0 spiro atoms. The summed E-state index contributed by atoms with van der Waals surface area (Å²) < 4.78 is 42.9. The first-order valence-electron chi connectivity index (χ1n) is 16.4. The molecule has 266 valence electrons. The molecule has 4 N–H and O–H groups in total. The molecule has 2 aliphatic rings. The number of hydrogen-bond acceptors (Lipinski definition) is 11. The van der Waals surface area contributed by atoms with Gasteiger partial charge in [0.2, 0.25) is 18.1 Å². The van der Waals surface area contributed by atoms with Crippen LogP contribution in [0.5, 0.6) is 0 Å². The van der Waals surface area contributed by atoms with Crippen LogP contribution in [0.4, 0.5) is 8.78 Å². The summed E-state index contributed by atoms with van der Waals surface area (Å²) in [7, 11) is 0. The molecule has 5 rings (SSSR count). The smallest absolute Gasteiger partial charge is 0.307 e. The lowest BCUT2D eigenvalue weighted by atomic mass is 9.95. The van der Waals surface area contributed by atoms with Gasteiger partial charge >= 0.3 is 5.97 Å². The molecule has 1 aliphatic heterocycles. The van der Waals surface area contributed by atoms with Gasteiger partial charge in [0.05, 0.1) is 18.3 Å². The van der Waals surface area contributed by atoms with Crippen molar-refractivity contribution < 1.29 is 37.3 Å². The maximum Gasteiger partial charge on any atom is 0.307 e. The van der Waals surface area contributed by atoms with Gasteiger partial charge in [-0.2, -0.15) is 9.49 Å². The van der Waals surface area contributed by atoms with E-state index < -0.39 is 29.7 Å². The third kappa shape index (κ3) is 9.28. The predicted octanol–water partition coefficient (Wildman–Crippen LogP) is 3.48. The first-order chi connectivity index (χ1) is 24.0. The monoisotopic (exact) mass is 712 g/mol. The molecule has 0 unspecified atom stereocenters. The van der Waals surface area contributed by atoms with Gasteiger partial charge in [0, 0.05) is 54.7 Å². The number of rotatable bonds is 14. The highest BCUT2D eigenvalue weighted by molar-refractivity contribution is 7.13. The number of carbonyl (C=O) groups is 3. The third-order valence-corrected chi connectivity index (χ3v) is 8.98. The number of halogens is 2. The second-order valence-corrected chi connectivity index (χ2v) is 12.9. The van der Waals surface area contributed by atoms with Crippen LogP contribution >= 0.6 is 11.3 Å². The van der Waals surface area contributed by atoms with Gasteiger partial charge in [0.25, 0.3) is 5.91 Å². The predicted molar refractivity (Wildman–Crippen MR) is 180 cm³/mol. The Balaban J connectivity index is 1.20. The van der Waals surface area contributed by atoms with Crippen molar-refractivity contribution in [1.29, 1.82) is 0 Å². The molecule has 17 heteroatoms. The van der Waals surface area contributed by atoms with E-state index in [-0.39, 0.29) is 53.9 Å². The van der Waals surface area contributed by atoms with Crippen molar-refractivity contribution >= 4 is 40.5 Å². The Hall–Kier alpha value is -4.74. The Morgan fingerprint density at radius 1 is 1.18 bits per heavy atom. The van der Waals surface area contributed by atoms with Crippen molar-refractivity contribution in [3.8, 4) is 10.6 Å². The van der Waals surface area contributed by atoms with Gasteiger partial charge in [-0.05, 0) is 44.2 Å². The van der Waals surface area contributed by atoms with Crippen LogP contribution in [0.1, 0.15) is 75.5 Å². The average Bonchev–Trinajstić information content (AvgIpc) is 3.87. The number of aromatic nitrogens is 4. The van der Waals surface area contributed by atoms with Crippen LogP contribution in [0.15, 0.2) is 46.9 Å². The summed E-state index contributed by atoms with van der Waals surface area (Å²) in [6, 6.07) is 1.27. The van der Waals surface area contributed by atoms with Crippen LogP contribution in [-0.4, -0.2) is 78.9 Å². The number of amides is 2. The van der Waals surface area contributed by atoms with E-state index in [1.54, 1.807) is 22.5 Å². The molecular weight excluding hydrogens is 672 g/mol. The van der Waals surface area contributed by atoms with Crippen LogP contribution < -0.4 is 16.4 Å². The fourth-order valence-electron chi connectivity index (χ4n) is 5.26. The van der Waals surface area contributed by atoms with Crippen molar-refractivity contribution in [2.75, 3.05) is 13.2 Å². The van der Waals surface area contributed by atoms with E-state index in [0.29, 0.717) is 43.0 Å². The number of nitrogens with two attached hydrogens (primary N) is 1. The maximum atomic E-state index is 14.8. The van der Waals surface area contributed by atoms with Crippen molar-refractivity contribution in [2.24, 2.45) is 16.8 Å². The normalized spacial score (nSPS) is 16.7. The second kappa shape index (κ2) is 16.8. The van der Waals surface area contributed by atoms with E-state index >= 15 is 0 Å². The second-order valence-electron chi connectivity index (χ2n) is 12.1. The maximum absolute atomic E-state index is 14.8. The van der Waals surface area contributed by atoms with Gasteiger partial charge in [0.15, 0.2) is 24.0 Å². The first-order valence-corrected chi connectivity index (χ1v) is 17.3. The lowest BCUT2D eigenvalue weighted by Crippen LogP contribution is -2.44. The number of hydrogen-bond donors (Lipinski definition) is 3. The number of hydrazone groups is 1. The lowest BCUT2D eigenvalue weighted by molar-refractivity contribution is -0.461. The Kier molecular flexibility index (Phi) is 12.3. The number of thiazole rings is 1. The van der Waals surface area contributed by atoms with Gasteiger partial charge in [-0.1, -0.05) is 18.5 Å². The molecule has 14 nitrogen and oxygen atoms in total. The van der Waals surface area contributed by atoms with Gasteiger partial charge in [-0.15, -0.1) is 11.3 Å². The number of allylic oxidation sites excluding steroid dienone is 1. The summed E-state index contributed by atoms with van der Waals surface area (Å²) in [4.78, 5) is 45.6. The van der Waals surface area contributed by atoms with E-state index in [1.807, 2.05) is 20.8 Å². The summed E-state index contributed by atoms with van der Waals surface area (Å²) in [5.41, 5.74) is 7.25. The third-order valence-electron chi connectivity index (χ3n) is 8.09. The zero-order chi connectivity index (χ0) is 35.8. The Morgan fingerprint density at radius 3 is 2.70 bits per heavy atom. The summed E-state index contributed by atoms with van der Waals surface area (Å²) in [6.45, 7) is 6.46. The number of ether oxygens (including phenoxy) is 2. The number of esters is 1. The van der Waals surface area contributed by atoms with Crippen LogP contribution in [0.2, 0.25) is 0 Å². The van der Waals surface area contributed by atoms with Gasteiger partial charge in [-0.25, -0.2) is 19.0 Å². The van der Waals surface area contributed by atoms with E-state index in [9.17, 15) is 23.2 Å². The SMILES string of the molecule is CCOC1CCC(=[N+]2C=C(NC(=O)c3csc(-c4cnn(COC(=O)CCCNC(=O)[C@H](N)C(C)C)c4)n3)C(c3nc(F)ccc3F)=N2)CC1. The molecule has 3 aromatic heterocycles. The minimum atomic E-state index is -0.884. The Labute approximate surface area is 291 Å². The molecular formula is C33H40F2N9O5S+. The van der Waals surface area contributed by atoms with E-state index in [0.717, 1.165) is 30.7 Å². The minimum Gasteiger partial charge on any atom is -0.442 e. The summed E-state index contributed by atoms with van der Waals surface area (Å²) in [6.07, 6.45) is 8.34. The topological polar surface area (TPSA) is 179 Å². The standard InChI is InChI=1S/C33H39F2N9O5S/c1-4-48-22-9-7-21(8-10-22)44-16-24(30(42-44)29-23(34)11-12-26(35)41-29)39-31(46)25-17-50-33(40-25)20-14-38-43(15-20)18-49-27(45)6-5-13-37-32(47)28(36)19(2)3/h11-12,14-17,19,22,28H,4-10,13,18,36H2,1-3H3,(H-,37,39,46,47)/p+1/t22?,28-/m1/s1. The Morgan fingerprint density at radius 2 is 1.96 bits per heavy atom. The molecule has 1 aliphatic carbocycles. The van der Waals surface area contributed by atoms with Crippen molar-refractivity contribution in [2.45, 2.75) is 78.2 Å². The molecule has 0 aromatic carbocycles. The molecule has 0 radical (unpaired) electrons. The first kappa shape index (κ1) is 36.5. The molecule has 3 aromatic rings. The number of nitrogens with one attached hydrogen (secondary N) is 2. The zero-order valence-corrected chi connectivity index (χ0v) is 28.8. The number of nitrogens with zero attached hydrogens (tertiary/aromatic N) is 6. The molecule has 1 saturated carbocycles. The highest BCUT2D eigenvalue weighted by Gasteiger charge is 2.33.